The Morgan fingerprint density at radius 2 is 1.83 bits per heavy atom. The first-order chi connectivity index (χ1) is 23.2. The molecule has 2 N–H and O–H groups in total. The highest BCUT2D eigenvalue weighted by molar-refractivity contribution is 5.97. The van der Waals surface area contributed by atoms with Gasteiger partial charge >= 0.3 is 0 Å². The van der Waals surface area contributed by atoms with E-state index in [2.05, 4.69) is 78.3 Å². The number of allylic oxidation sites excluding steroid dienone is 3. The van der Waals surface area contributed by atoms with E-state index in [1.165, 1.54) is 43.2 Å². The van der Waals surface area contributed by atoms with Crippen molar-refractivity contribution >= 4 is 11.6 Å². The number of benzene rings is 1. The molecule has 0 spiro atoms. The van der Waals surface area contributed by atoms with Crippen LogP contribution < -0.4 is 15.8 Å². The number of rotatable bonds is 16. The van der Waals surface area contributed by atoms with Crippen LogP contribution in [0.25, 0.3) is 0 Å². The van der Waals surface area contributed by atoms with Crippen molar-refractivity contribution in [1.82, 2.24) is 15.2 Å². The van der Waals surface area contributed by atoms with E-state index in [0.717, 1.165) is 93.9 Å². The highest BCUT2D eigenvalue weighted by Gasteiger charge is 2.25. The van der Waals surface area contributed by atoms with E-state index in [1.54, 1.807) is 0 Å². The lowest BCUT2D eigenvalue weighted by Crippen LogP contribution is -2.36. The highest BCUT2D eigenvalue weighted by atomic mass is 16.5. The Bertz CT molecular complexity index is 1450. The summed E-state index contributed by atoms with van der Waals surface area (Å²) in [5.41, 5.74) is 7.83. The number of H-pyrrole nitrogens is 1. The lowest BCUT2D eigenvalue weighted by molar-refractivity contribution is 0.0384. The van der Waals surface area contributed by atoms with Gasteiger partial charge in [-0.05, 0) is 113 Å². The van der Waals surface area contributed by atoms with E-state index in [4.69, 9.17) is 4.74 Å². The van der Waals surface area contributed by atoms with Crippen LogP contribution in [0.1, 0.15) is 129 Å². The Morgan fingerprint density at radius 1 is 1.08 bits per heavy atom. The minimum Gasteiger partial charge on any atom is -0.379 e. The minimum absolute atomic E-state index is 0.119. The first-order valence-electron chi connectivity index (χ1n) is 18.7. The van der Waals surface area contributed by atoms with Crippen LogP contribution >= 0.6 is 0 Å². The molecular formula is C41H62N4O3. The average Bonchev–Trinajstić information content (AvgIpc) is 3.09. The molecule has 2 heterocycles. The van der Waals surface area contributed by atoms with Gasteiger partial charge in [0.1, 0.15) is 0 Å². The van der Waals surface area contributed by atoms with Crippen molar-refractivity contribution in [3.05, 3.63) is 85.9 Å². The number of nitrogens with zero attached hydrogens (tertiary/aromatic N) is 2. The van der Waals surface area contributed by atoms with Gasteiger partial charge in [0, 0.05) is 61.8 Å². The second kappa shape index (κ2) is 19.1. The SMILES string of the molecule is CC/C=C\CCC(C/C=C(/CC)CCN1CCOCC1)c1cc(C(=O)NCc2c(C)cc(C)[nH]c2=O)c(C)c(N(C)C2CCCCC2)c1. The van der Waals surface area contributed by atoms with Gasteiger partial charge in [0.15, 0.2) is 0 Å². The third-order valence-corrected chi connectivity index (χ3v) is 10.6. The van der Waals surface area contributed by atoms with E-state index < -0.39 is 0 Å². The number of morpholine rings is 1. The number of carbonyl (C=O) groups is 1. The maximum absolute atomic E-state index is 14.0. The fraction of sp³-hybridized carbons (Fsp3) is 0.610. The first kappa shape index (κ1) is 37.7. The quantitative estimate of drug-likeness (QED) is 0.178. The predicted octanol–water partition coefficient (Wildman–Crippen LogP) is 8.28. The van der Waals surface area contributed by atoms with Crippen LogP contribution in [0.15, 0.2) is 46.8 Å². The Balaban J connectivity index is 1.66. The van der Waals surface area contributed by atoms with E-state index in [-0.39, 0.29) is 18.0 Å². The molecule has 1 unspecified atom stereocenters. The molecule has 2 aromatic rings. The van der Waals surface area contributed by atoms with Gasteiger partial charge in [-0.3, -0.25) is 14.5 Å². The minimum atomic E-state index is -0.136. The zero-order valence-electron chi connectivity index (χ0n) is 30.8. The second-order valence-corrected chi connectivity index (χ2v) is 14.1. The predicted molar refractivity (Wildman–Crippen MR) is 200 cm³/mol. The number of ether oxygens (including phenoxy) is 1. The molecule has 1 aliphatic heterocycles. The Labute approximate surface area is 290 Å². The highest BCUT2D eigenvalue weighted by Crippen LogP contribution is 2.36. The molecule has 0 radical (unpaired) electrons. The Kier molecular flexibility index (Phi) is 15.0. The van der Waals surface area contributed by atoms with Crippen LogP contribution in [-0.4, -0.2) is 61.7 Å². The molecule has 1 amide bonds. The van der Waals surface area contributed by atoms with Crippen molar-refractivity contribution in [2.24, 2.45) is 0 Å². The maximum Gasteiger partial charge on any atom is 0.253 e. The summed E-state index contributed by atoms with van der Waals surface area (Å²) in [5.74, 6) is 0.177. The van der Waals surface area contributed by atoms with Gasteiger partial charge in [0.05, 0.1) is 13.2 Å². The summed E-state index contributed by atoms with van der Waals surface area (Å²) < 4.78 is 5.56. The van der Waals surface area contributed by atoms with Crippen LogP contribution in [0.4, 0.5) is 5.69 Å². The monoisotopic (exact) mass is 658 g/mol. The standard InChI is InChI=1S/C41H62N4O3/c1-7-9-10-12-15-34(19-18-33(8-2)20-21-45-22-24-48-25-23-45)35-27-37(32(5)39(28-35)44(6)36-16-13-11-14-17-36)40(46)42-29-38-30(3)26-31(4)43-41(38)47/h9-10,18,26-28,34,36H,7-8,11-17,19-25,29H2,1-6H3,(H,42,46)(H,43,47)/b10-9-,33-18-. The average molecular weight is 659 g/mol. The molecular weight excluding hydrogens is 596 g/mol. The van der Waals surface area contributed by atoms with Gasteiger partial charge in [-0.15, -0.1) is 0 Å². The number of hydrogen-bond acceptors (Lipinski definition) is 5. The Hall–Kier alpha value is -3.16. The number of hydrogen-bond donors (Lipinski definition) is 2. The number of anilines is 1. The summed E-state index contributed by atoms with van der Waals surface area (Å²) >= 11 is 0. The molecule has 2 fully saturated rings. The van der Waals surface area contributed by atoms with E-state index in [9.17, 15) is 9.59 Å². The third-order valence-electron chi connectivity index (χ3n) is 10.6. The van der Waals surface area contributed by atoms with Crippen molar-refractivity contribution in [3.8, 4) is 0 Å². The molecule has 7 nitrogen and oxygen atoms in total. The van der Waals surface area contributed by atoms with E-state index in [1.807, 2.05) is 19.9 Å². The topological polar surface area (TPSA) is 77.7 Å². The largest absolute Gasteiger partial charge is 0.379 e. The molecule has 1 aromatic heterocycles. The second-order valence-electron chi connectivity index (χ2n) is 14.1. The summed E-state index contributed by atoms with van der Waals surface area (Å²) in [7, 11) is 2.22. The van der Waals surface area contributed by atoms with Crippen molar-refractivity contribution in [1.29, 1.82) is 0 Å². The van der Waals surface area contributed by atoms with Crippen LogP contribution in [0.5, 0.6) is 0 Å². The van der Waals surface area contributed by atoms with Crippen molar-refractivity contribution in [3.63, 3.8) is 0 Å². The molecule has 1 atom stereocenters. The van der Waals surface area contributed by atoms with Crippen LogP contribution in [0.2, 0.25) is 0 Å². The fourth-order valence-electron chi connectivity index (χ4n) is 7.45. The van der Waals surface area contributed by atoms with Crippen molar-refractivity contribution < 1.29 is 9.53 Å². The van der Waals surface area contributed by atoms with E-state index in [0.29, 0.717) is 23.1 Å². The van der Waals surface area contributed by atoms with Gasteiger partial charge in [-0.2, -0.15) is 0 Å². The molecule has 2 aliphatic rings. The summed E-state index contributed by atoms with van der Waals surface area (Å²) in [6.07, 6.45) is 19.5. The van der Waals surface area contributed by atoms with Gasteiger partial charge in [-0.25, -0.2) is 0 Å². The number of carbonyl (C=O) groups excluding carboxylic acids is 1. The molecule has 4 rings (SSSR count). The van der Waals surface area contributed by atoms with Crippen LogP contribution in [0.3, 0.4) is 0 Å². The number of pyridine rings is 1. The Morgan fingerprint density at radius 3 is 2.52 bits per heavy atom. The zero-order valence-corrected chi connectivity index (χ0v) is 30.8. The van der Waals surface area contributed by atoms with Gasteiger partial charge in [0.25, 0.3) is 11.5 Å². The lowest BCUT2D eigenvalue weighted by Gasteiger charge is -2.35. The van der Waals surface area contributed by atoms with Crippen LogP contribution in [-0.2, 0) is 11.3 Å². The number of aromatic nitrogens is 1. The number of aromatic amines is 1. The summed E-state index contributed by atoms with van der Waals surface area (Å²) in [6.45, 7) is 15.4. The molecule has 1 saturated heterocycles. The number of aryl methyl sites for hydroxylation is 2. The summed E-state index contributed by atoms with van der Waals surface area (Å²) in [4.78, 5) is 34.6. The van der Waals surface area contributed by atoms with Gasteiger partial charge < -0.3 is 19.9 Å². The number of nitrogens with one attached hydrogen (secondary N) is 2. The normalized spacial score (nSPS) is 17.2. The third kappa shape index (κ3) is 10.7. The van der Waals surface area contributed by atoms with E-state index >= 15 is 0 Å². The van der Waals surface area contributed by atoms with Crippen LogP contribution in [0, 0.1) is 20.8 Å². The van der Waals surface area contributed by atoms with Gasteiger partial charge in [-0.1, -0.05) is 56.9 Å². The summed E-state index contributed by atoms with van der Waals surface area (Å²) in [6, 6.07) is 6.98. The number of amides is 1. The molecule has 1 aliphatic carbocycles. The maximum atomic E-state index is 14.0. The van der Waals surface area contributed by atoms with Gasteiger partial charge in [0.2, 0.25) is 0 Å². The first-order valence-corrected chi connectivity index (χ1v) is 18.7. The molecule has 7 heteroatoms. The zero-order chi connectivity index (χ0) is 34.5. The molecule has 0 bridgehead atoms. The molecule has 264 valence electrons. The van der Waals surface area contributed by atoms with Crippen molar-refractivity contribution in [2.75, 3.05) is 44.8 Å². The lowest BCUT2D eigenvalue weighted by atomic mass is 9.86. The van der Waals surface area contributed by atoms with Crippen molar-refractivity contribution in [2.45, 2.75) is 124 Å². The smallest absolute Gasteiger partial charge is 0.253 e. The molecule has 1 aromatic carbocycles. The fourth-order valence-corrected chi connectivity index (χ4v) is 7.45. The summed E-state index contributed by atoms with van der Waals surface area (Å²) in [5, 5.41) is 3.12. The molecule has 48 heavy (non-hydrogen) atoms. The molecule has 1 saturated carbocycles.